The number of aromatic nitrogens is 3. The summed E-state index contributed by atoms with van der Waals surface area (Å²) in [4.78, 5) is 31.3. The second-order valence-corrected chi connectivity index (χ2v) is 5.11. The van der Waals surface area contributed by atoms with Crippen LogP contribution in [-0.4, -0.2) is 63.0 Å². The summed E-state index contributed by atoms with van der Waals surface area (Å²) in [5, 5.41) is 6.23. The number of hydrogen-bond donors (Lipinski definition) is 1. The summed E-state index contributed by atoms with van der Waals surface area (Å²) >= 11 is 0. The van der Waals surface area contributed by atoms with Gasteiger partial charge in [-0.1, -0.05) is 13.8 Å². The third-order valence-electron chi connectivity index (χ3n) is 3.12. The molecule has 0 aliphatic carbocycles. The summed E-state index contributed by atoms with van der Waals surface area (Å²) in [6, 6.07) is 0. The van der Waals surface area contributed by atoms with Crippen molar-refractivity contribution in [2.45, 2.75) is 20.3 Å². The maximum absolute atomic E-state index is 12.0. The molecule has 7 nitrogen and oxygen atoms in total. The summed E-state index contributed by atoms with van der Waals surface area (Å²) in [6.07, 6.45) is 1.88. The highest BCUT2D eigenvalue weighted by Gasteiger charge is 2.26. The van der Waals surface area contributed by atoms with E-state index in [2.05, 4.69) is 15.2 Å². The zero-order valence-corrected chi connectivity index (χ0v) is 11.3. The number of rotatable bonds is 3. The molecule has 0 aromatic carbocycles. The average molecular weight is 265 g/mol. The number of aromatic amines is 1. The standard InChI is InChI=1S/C12H19N5O2/c1-9(2)7-10(18)16-3-5-17(6-4-16)12(19)11-13-8-14-15-11/h8-9H,3-7H2,1-2H3,(H,13,14,15). The van der Waals surface area contributed by atoms with Crippen LogP contribution in [0.1, 0.15) is 30.9 Å². The molecule has 2 amide bonds. The molecule has 1 fully saturated rings. The van der Waals surface area contributed by atoms with E-state index in [1.807, 2.05) is 18.7 Å². The summed E-state index contributed by atoms with van der Waals surface area (Å²) in [5.41, 5.74) is 0. The van der Waals surface area contributed by atoms with E-state index < -0.39 is 0 Å². The van der Waals surface area contributed by atoms with Crippen LogP contribution in [0.15, 0.2) is 6.33 Å². The zero-order chi connectivity index (χ0) is 13.8. The molecule has 0 saturated carbocycles. The van der Waals surface area contributed by atoms with E-state index in [0.29, 0.717) is 38.5 Å². The Morgan fingerprint density at radius 2 is 1.89 bits per heavy atom. The first-order valence-corrected chi connectivity index (χ1v) is 6.50. The molecule has 19 heavy (non-hydrogen) atoms. The largest absolute Gasteiger partial charge is 0.339 e. The highest BCUT2D eigenvalue weighted by atomic mass is 16.2. The van der Waals surface area contributed by atoms with Crippen molar-refractivity contribution in [2.75, 3.05) is 26.2 Å². The average Bonchev–Trinajstić information content (AvgIpc) is 2.91. The van der Waals surface area contributed by atoms with Crippen molar-refractivity contribution in [1.29, 1.82) is 0 Å². The van der Waals surface area contributed by atoms with Crippen LogP contribution < -0.4 is 0 Å². The fraction of sp³-hybridized carbons (Fsp3) is 0.667. The van der Waals surface area contributed by atoms with E-state index in [1.165, 1.54) is 6.33 Å². The van der Waals surface area contributed by atoms with Gasteiger partial charge in [-0.2, -0.15) is 5.10 Å². The quantitative estimate of drug-likeness (QED) is 0.842. The smallest absolute Gasteiger partial charge is 0.291 e. The fourth-order valence-corrected chi connectivity index (χ4v) is 2.10. The number of hydrogen-bond acceptors (Lipinski definition) is 4. The molecule has 0 unspecified atom stereocenters. The zero-order valence-electron chi connectivity index (χ0n) is 11.3. The highest BCUT2D eigenvalue weighted by molar-refractivity contribution is 5.90. The van der Waals surface area contributed by atoms with E-state index in [-0.39, 0.29) is 17.6 Å². The van der Waals surface area contributed by atoms with Gasteiger partial charge in [0.2, 0.25) is 11.7 Å². The minimum absolute atomic E-state index is 0.159. The van der Waals surface area contributed by atoms with Crippen molar-refractivity contribution in [3.8, 4) is 0 Å². The Balaban J connectivity index is 1.86. The van der Waals surface area contributed by atoms with E-state index in [1.54, 1.807) is 4.90 Å². The van der Waals surface area contributed by atoms with Gasteiger partial charge in [0, 0.05) is 32.6 Å². The predicted octanol–water partition coefficient (Wildman–Crippen LogP) is 0.135. The van der Waals surface area contributed by atoms with Crippen molar-refractivity contribution in [3.63, 3.8) is 0 Å². The lowest BCUT2D eigenvalue weighted by Gasteiger charge is -2.34. The van der Waals surface area contributed by atoms with Gasteiger partial charge in [-0.05, 0) is 5.92 Å². The molecule has 1 aliphatic rings. The molecule has 104 valence electrons. The Bertz CT molecular complexity index is 435. The number of H-pyrrole nitrogens is 1. The first-order valence-electron chi connectivity index (χ1n) is 6.50. The molecule has 1 saturated heterocycles. The van der Waals surface area contributed by atoms with Crippen molar-refractivity contribution in [3.05, 3.63) is 12.2 Å². The summed E-state index contributed by atoms with van der Waals surface area (Å²) in [6.45, 7) is 6.33. The van der Waals surface area contributed by atoms with Crippen molar-refractivity contribution in [2.24, 2.45) is 5.92 Å². The first kappa shape index (κ1) is 13.5. The molecular formula is C12H19N5O2. The molecule has 1 aliphatic heterocycles. The van der Waals surface area contributed by atoms with Gasteiger partial charge in [-0.15, -0.1) is 0 Å². The van der Waals surface area contributed by atoms with Crippen molar-refractivity contribution >= 4 is 11.8 Å². The van der Waals surface area contributed by atoms with Gasteiger partial charge in [-0.3, -0.25) is 14.7 Å². The first-order chi connectivity index (χ1) is 9.08. The summed E-state index contributed by atoms with van der Waals surface area (Å²) in [5.74, 6) is 0.624. The van der Waals surface area contributed by atoms with Crippen LogP contribution in [0, 0.1) is 5.92 Å². The van der Waals surface area contributed by atoms with Gasteiger partial charge in [0.1, 0.15) is 6.33 Å². The molecule has 7 heteroatoms. The van der Waals surface area contributed by atoms with E-state index >= 15 is 0 Å². The summed E-state index contributed by atoms with van der Waals surface area (Å²) in [7, 11) is 0. The van der Waals surface area contributed by atoms with Gasteiger partial charge in [0.15, 0.2) is 0 Å². The molecule has 1 N–H and O–H groups in total. The van der Waals surface area contributed by atoms with Crippen LogP contribution in [0.4, 0.5) is 0 Å². The minimum Gasteiger partial charge on any atom is -0.339 e. The molecule has 2 heterocycles. The third-order valence-corrected chi connectivity index (χ3v) is 3.12. The summed E-state index contributed by atoms with van der Waals surface area (Å²) < 4.78 is 0. The second kappa shape index (κ2) is 5.81. The maximum atomic E-state index is 12.0. The predicted molar refractivity (Wildman–Crippen MR) is 68.3 cm³/mol. The molecule has 0 radical (unpaired) electrons. The lowest BCUT2D eigenvalue weighted by molar-refractivity contribution is -0.133. The Labute approximate surface area is 112 Å². The Kier molecular flexibility index (Phi) is 4.13. The molecule has 0 spiro atoms. The SMILES string of the molecule is CC(C)CC(=O)N1CCN(C(=O)c2ncn[nH]2)CC1. The van der Waals surface area contributed by atoms with Crippen LogP contribution >= 0.6 is 0 Å². The normalized spacial score (nSPS) is 15.9. The number of nitrogens with one attached hydrogen (secondary N) is 1. The Hall–Kier alpha value is -1.92. The number of piperazine rings is 1. The van der Waals surface area contributed by atoms with Crippen molar-refractivity contribution in [1.82, 2.24) is 25.0 Å². The van der Waals surface area contributed by atoms with Gasteiger partial charge in [0.25, 0.3) is 5.91 Å². The minimum atomic E-state index is -0.159. The molecular weight excluding hydrogens is 246 g/mol. The van der Waals surface area contributed by atoms with Crippen LogP contribution in [0.3, 0.4) is 0 Å². The number of carbonyl (C=O) groups is 2. The molecule has 1 aromatic heterocycles. The lowest BCUT2D eigenvalue weighted by Crippen LogP contribution is -2.51. The molecule has 2 rings (SSSR count). The highest BCUT2D eigenvalue weighted by Crippen LogP contribution is 2.09. The Morgan fingerprint density at radius 1 is 1.26 bits per heavy atom. The number of nitrogens with zero attached hydrogens (tertiary/aromatic N) is 4. The Morgan fingerprint density at radius 3 is 2.42 bits per heavy atom. The van der Waals surface area contributed by atoms with Gasteiger partial charge in [0.05, 0.1) is 0 Å². The topological polar surface area (TPSA) is 82.2 Å². The second-order valence-electron chi connectivity index (χ2n) is 5.11. The number of amides is 2. The van der Waals surface area contributed by atoms with E-state index in [9.17, 15) is 9.59 Å². The van der Waals surface area contributed by atoms with Crippen LogP contribution in [-0.2, 0) is 4.79 Å². The van der Waals surface area contributed by atoms with Crippen molar-refractivity contribution < 1.29 is 9.59 Å². The lowest BCUT2D eigenvalue weighted by atomic mass is 10.1. The van der Waals surface area contributed by atoms with Gasteiger partial charge < -0.3 is 9.80 Å². The molecule has 0 atom stereocenters. The molecule has 1 aromatic rings. The molecule has 0 bridgehead atoms. The van der Waals surface area contributed by atoms with E-state index in [0.717, 1.165) is 0 Å². The van der Waals surface area contributed by atoms with Gasteiger partial charge in [-0.25, -0.2) is 4.98 Å². The maximum Gasteiger partial charge on any atom is 0.291 e. The number of carbonyl (C=O) groups excluding carboxylic acids is 2. The van der Waals surface area contributed by atoms with Crippen LogP contribution in [0.2, 0.25) is 0 Å². The van der Waals surface area contributed by atoms with Gasteiger partial charge >= 0.3 is 0 Å². The monoisotopic (exact) mass is 265 g/mol. The third kappa shape index (κ3) is 3.30. The fourth-order valence-electron chi connectivity index (χ4n) is 2.10. The van der Waals surface area contributed by atoms with Crippen LogP contribution in [0.25, 0.3) is 0 Å². The van der Waals surface area contributed by atoms with Crippen LogP contribution in [0.5, 0.6) is 0 Å². The van der Waals surface area contributed by atoms with E-state index in [4.69, 9.17) is 0 Å².